The van der Waals surface area contributed by atoms with E-state index in [-0.39, 0.29) is 5.91 Å². The average molecular weight is 321 g/mol. The zero-order chi connectivity index (χ0) is 16.8. The van der Waals surface area contributed by atoms with Gasteiger partial charge in [-0.25, -0.2) is 4.98 Å². The van der Waals surface area contributed by atoms with Gasteiger partial charge in [0.05, 0.1) is 24.1 Å². The number of fused-ring (bicyclic) bond motifs is 1. The Kier molecular flexibility index (Phi) is 4.91. The molecule has 1 N–H and O–H groups in total. The lowest BCUT2D eigenvalue weighted by molar-refractivity contribution is -0.116. The van der Waals surface area contributed by atoms with Crippen molar-refractivity contribution < 1.29 is 9.53 Å². The van der Waals surface area contributed by atoms with Crippen molar-refractivity contribution in [2.75, 3.05) is 6.61 Å². The van der Waals surface area contributed by atoms with Crippen molar-refractivity contribution >= 4 is 16.9 Å². The van der Waals surface area contributed by atoms with E-state index in [1.807, 2.05) is 54.6 Å². The average Bonchev–Trinajstić information content (AvgIpc) is 2.98. The van der Waals surface area contributed by atoms with Crippen LogP contribution in [-0.4, -0.2) is 22.1 Å². The fourth-order valence-corrected chi connectivity index (χ4v) is 2.52. The molecule has 3 aromatic rings. The first-order valence-electron chi connectivity index (χ1n) is 7.80. The molecule has 5 heteroatoms. The summed E-state index contributed by atoms with van der Waals surface area (Å²) in [5, 5.41) is 2.78. The number of carbonyl (C=O) groups excluding carboxylic acids is 1. The van der Waals surface area contributed by atoms with Gasteiger partial charge in [0.1, 0.15) is 18.2 Å². The van der Waals surface area contributed by atoms with Crippen LogP contribution in [0.5, 0.6) is 5.75 Å². The van der Waals surface area contributed by atoms with Crippen LogP contribution < -0.4 is 10.1 Å². The Morgan fingerprint density at radius 3 is 2.71 bits per heavy atom. The number of para-hydroxylation sites is 3. The second-order valence-electron chi connectivity index (χ2n) is 5.25. The monoisotopic (exact) mass is 321 g/mol. The Labute approximate surface area is 140 Å². The van der Waals surface area contributed by atoms with Gasteiger partial charge in [0.25, 0.3) is 0 Å². The number of ether oxygens (including phenoxy) is 1. The van der Waals surface area contributed by atoms with E-state index < -0.39 is 0 Å². The van der Waals surface area contributed by atoms with Gasteiger partial charge in [-0.05, 0) is 30.3 Å². The van der Waals surface area contributed by atoms with Crippen molar-refractivity contribution in [2.24, 2.45) is 0 Å². The van der Waals surface area contributed by atoms with Crippen LogP contribution in [0.4, 0.5) is 0 Å². The molecule has 1 aromatic heterocycles. The lowest BCUT2D eigenvalue weighted by Crippen LogP contribution is -2.23. The Balaban J connectivity index is 1.76. The number of hydrogen-bond donors (Lipinski definition) is 1. The first-order valence-corrected chi connectivity index (χ1v) is 7.80. The molecule has 2 aromatic carbocycles. The number of benzene rings is 2. The van der Waals surface area contributed by atoms with E-state index in [4.69, 9.17) is 4.74 Å². The SMILES string of the molecule is C=CC(=O)NCc1nc2ccccc2n1CCOc1ccccc1. The molecule has 1 amide bonds. The number of hydrogen-bond acceptors (Lipinski definition) is 3. The Morgan fingerprint density at radius 2 is 1.92 bits per heavy atom. The molecule has 0 aliphatic rings. The van der Waals surface area contributed by atoms with Crippen molar-refractivity contribution in [1.82, 2.24) is 14.9 Å². The maximum Gasteiger partial charge on any atom is 0.243 e. The molecule has 0 fully saturated rings. The van der Waals surface area contributed by atoms with Gasteiger partial charge in [0.2, 0.25) is 5.91 Å². The maximum absolute atomic E-state index is 11.4. The van der Waals surface area contributed by atoms with E-state index in [0.29, 0.717) is 19.7 Å². The van der Waals surface area contributed by atoms with Gasteiger partial charge in [-0.15, -0.1) is 0 Å². The number of amides is 1. The molecule has 1 heterocycles. The first-order chi connectivity index (χ1) is 11.8. The molecule has 3 rings (SSSR count). The smallest absolute Gasteiger partial charge is 0.243 e. The molecule has 0 atom stereocenters. The highest BCUT2D eigenvalue weighted by atomic mass is 16.5. The third-order valence-electron chi connectivity index (χ3n) is 3.67. The molecule has 0 spiro atoms. The number of nitrogens with zero attached hydrogens (tertiary/aromatic N) is 2. The van der Waals surface area contributed by atoms with Crippen LogP contribution in [0.1, 0.15) is 5.82 Å². The lowest BCUT2D eigenvalue weighted by atomic mass is 10.3. The Morgan fingerprint density at radius 1 is 1.17 bits per heavy atom. The molecular weight excluding hydrogens is 302 g/mol. The van der Waals surface area contributed by atoms with E-state index in [0.717, 1.165) is 22.6 Å². The third kappa shape index (κ3) is 3.63. The molecule has 0 bridgehead atoms. The third-order valence-corrected chi connectivity index (χ3v) is 3.67. The van der Waals surface area contributed by atoms with E-state index in [9.17, 15) is 4.79 Å². The van der Waals surface area contributed by atoms with Crippen LogP contribution in [0.2, 0.25) is 0 Å². The lowest BCUT2D eigenvalue weighted by Gasteiger charge is -2.11. The predicted molar refractivity (Wildman–Crippen MR) is 93.7 cm³/mol. The first kappa shape index (κ1) is 15.8. The van der Waals surface area contributed by atoms with Crippen LogP contribution in [0, 0.1) is 0 Å². The zero-order valence-electron chi connectivity index (χ0n) is 13.3. The van der Waals surface area contributed by atoms with Crippen molar-refractivity contribution in [3.05, 3.63) is 73.1 Å². The van der Waals surface area contributed by atoms with Crippen LogP contribution in [0.25, 0.3) is 11.0 Å². The molecule has 5 nitrogen and oxygen atoms in total. The summed E-state index contributed by atoms with van der Waals surface area (Å²) < 4.78 is 7.85. The largest absolute Gasteiger partial charge is 0.492 e. The number of imidazole rings is 1. The number of carbonyl (C=O) groups is 1. The van der Waals surface area contributed by atoms with Crippen LogP contribution >= 0.6 is 0 Å². The van der Waals surface area contributed by atoms with Gasteiger partial charge in [-0.2, -0.15) is 0 Å². The van der Waals surface area contributed by atoms with E-state index in [2.05, 4.69) is 21.4 Å². The highest BCUT2D eigenvalue weighted by Crippen LogP contribution is 2.16. The van der Waals surface area contributed by atoms with Gasteiger partial charge in [0, 0.05) is 0 Å². The molecule has 0 radical (unpaired) electrons. The summed E-state index contributed by atoms with van der Waals surface area (Å²) in [6.45, 7) is 4.98. The Hall–Kier alpha value is -3.08. The molecule has 122 valence electrons. The molecule has 0 aliphatic heterocycles. The highest BCUT2D eigenvalue weighted by molar-refractivity contribution is 5.86. The van der Waals surface area contributed by atoms with Gasteiger partial charge >= 0.3 is 0 Å². The predicted octanol–water partition coefficient (Wildman–Crippen LogP) is 2.92. The number of nitrogens with one attached hydrogen (secondary N) is 1. The summed E-state index contributed by atoms with van der Waals surface area (Å²) >= 11 is 0. The summed E-state index contributed by atoms with van der Waals surface area (Å²) in [7, 11) is 0. The summed E-state index contributed by atoms with van der Waals surface area (Å²) in [6, 6.07) is 17.6. The summed E-state index contributed by atoms with van der Waals surface area (Å²) in [6.07, 6.45) is 1.26. The van der Waals surface area contributed by atoms with Crippen LogP contribution in [0.3, 0.4) is 0 Å². The zero-order valence-corrected chi connectivity index (χ0v) is 13.3. The fourth-order valence-electron chi connectivity index (χ4n) is 2.52. The normalized spacial score (nSPS) is 10.5. The van der Waals surface area contributed by atoms with Gasteiger partial charge in [0.15, 0.2) is 0 Å². The second-order valence-corrected chi connectivity index (χ2v) is 5.25. The van der Waals surface area contributed by atoms with Crippen LogP contribution in [-0.2, 0) is 17.9 Å². The highest BCUT2D eigenvalue weighted by Gasteiger charge is 2.11. The molecule has 0 unspecified atom stereocenters. The topological polar surface area (TPSA) is 56.2 Å². The molecule has 24 heavy (non-hydrogen) atoms. The Bertz CT molecular complexity index is 840. The van der Waals surface area contributed by atoms with Gasteiger partial charge in [-0.3, -0.25) is 4.79 Å². The minimum absolute atomic E-state index is 0.214. The second kappa shape index (κ2) is 7.46. The summed E-state index contributed by atoms with van der Waals surface area (Å²) in [4.78, 5) is 16.0. The standard InChI is InChI=1S/C19H19N3O2/c1-2-19(23)20-14-18-21-16-10-6-7-11-17(16)22(18)12-13-24-15-8-4-3-5-9-15/h2-11H,1,12-14H2,(H,20,23). The van der Waals surface area contributed by atoms with Crippen molar-refractivity contribution in [3.63, 3.8) is 0 Å². The molecule has 0 aliphatic carbocycles. The summed E-state index contributed by atoms with van der Waals surface area (Å²) in [5.74, 6) is 1.42. The molecular formula is C19H19N3O2. The van der Waals surface area contributed by atoms with E-state index in [1.165, 1.54) is 6.08 Å². The van der Waals surface area contributed by atoms with Gasteiger partial charge < -0.3 is 14.6 Å². The number of aromatic nitrogens is 2. The molecule has 0 saturated carbocycles. The van der Waals surface area contributed by atoms with E-state index in [1.54, 1.807) is 0 Å². The van der Waals surface area contributed by atoms with E-state index >= 15 is 0 Å². The van der Waals surface area contributed by atoms with Gasteiger partial charge in [-0.1, -0.05) is 36.9 Å². The number of rotatable bonds is 7. The quantitative estimate of drug-likeness (QED) is 0.681. The van der Waals surface area contributed by atoms with Crippen LogP contribution in [0.15, 0.2) is 67.3 Å². The minimum atomic E-state index is -0.214. The summed E-state index contributed by atoms with van der Waals surface area (Å²) in [5.41, 5.74) is 1.93. The molecule has 0 saturated heterocycles. The maximum atomic E-state index is 11.4. The van der Waals surface area contributed by atoms with Crippen molar-refractivity contribution in [3.8, 4) is 5.75 Å². The minimum Gasteiger partial charge on any atom is -0.492 e. The fraction of sp³-hybridized carbons (Fsp3) is 0.158. The van der Waals surface area contributed by atoms with Crippen molar-refractivity contribution in [1.29, 1.82) is 0 Å². The van der Waals surface area contributed by atoms with Crippen molar-refractivity contribution in [2.45, 2.75) is 13.1 Å².